The number of rotatable bonds is 4. The quantitative estimate of drug-likeness (QED) is 0.724. The zero-order valence-electron chi connectivity index (χ0n) is 13.0. The number of nitrogens with zero attached hydrogens (tertiary/aromatic N) is 4. The molecule has 0 bridgehead atoms. The molecule has 1 aliphatic rings. The van der Waals surface area contributed by atoms with Gasteiger partial charge in [0, 0.05) is 19.6 Å². The molecule has 23 heavy (non-hydrogen) atoms. The van der Waals surface area contributed by atoms with Crippen LogP contribution in [0.5, 0.6) is 0 Å². The molecule has 0 spiro atoms. The van der Waals surface area contributed by atoms with E-state index in [0.29, 0.717) is 12.1 Å². The highest BCUT2D eigenvalue weighted by atomic mass is 32.1. The number of hydrogen-bond donors (Lipinski definition) is 0. The van der Waals surface area contributed by atoms with Crippen molar-refractivity contribution in [3.63, 3.8) is 0 Å². The van der Waals surface area contributed by atoms with E-state index in [1.54, 1.807) is 27.4 Å². The molecule has 1 fully saturated rings. The van der Waals surface area contributed by atoms with Crippen LogP contribution in [0.4, 0.5) is 5.13 Å². The van der Waals surface area contributed by atoms with E-state index in [0.717, 1.165) is 39.9 Å². The van der Waals surface area contributed by atoms with Gasteiger partial charge >= 0.3 is 0 Å². The number of anilines is 1. The summed E-state index contributed by atoms with van der Waals surface area (Å²) in [6.45, 7) is 4.75. The van der Waals surface area contributed by atoms with Crippen LogP contribution >= 0.6 is 22.7 Å². The van der Waals surface area contributed by atoms with Crippen LogP contribution in [-0.2, 0) is 6.54 Å². The Kier molecular flexibility index (Phi) is 3.90. The lowest BCUT2D eigenvalue weighted by molar-refractivity contribution is 0.576. The predicted octanol–water partition coefficient (Wildman–Crippen LogP) is 3.59. The predicted molar refractivity (Wildman–Crippen MR) is 96.7 cm³/mol. The fourth-order valence-corrected chi connectivity index (χ4v) is 4.82. The SMILES string of the molecule is CCCn1nc(-c2cccs2)c2sc(N3CCCC3)nc2c1=O. The minimum atomic E-state index is -0.0659. The second kappa shape index (κ2) is 6.05. The van der Waals surface area contributed by atoms with Crippen molar-refractivity contribution >= 4 is 38.0 Å². The zero-order valence-corrected chi connectivity index (χ0v) is 14.6. The highest BCUT2D eigenvalue weighted by Gasteiger charge is 2.21. The van der Waals surface area contributed by atoms with E-state index in [2.05, 4.69) is 28.0 Å². The molecule has 0 atom stereocenters. The van der Waals surface area contributed by atoms with E-state index in [1.165, 1.54) is 12.8 Å². The molecular weight excluding hydrogens is 328 g/mol. The average Bonchev–Trinajstić information content (AvgIpc) is 3.31. The first-order valence-corrected chi connectivity index (χ1v) is 9.68. The van der Waals surface area contributed by atoms with Crippen molar-refractivity contribution in [1.82, 2.24) is 14.8 Å². The number of thiazole rings is 1. The molecule has 1 saturated heterocycles. The molecule has 0 unspecified atom stereocenters. The van der Waals surface area contributed by atoms with E-state index >= 15 is 0 Å². The van der Waals surface area contributed by atoms with Gasteiger partial charge in [-0.3, -0.25) is 4.79 Å². The van der Waals surface area contributed by atoms with Crippen molar-refractivity contribution in [2.75, 3.05) is 18.0 Å². The second-order valence-corrected chi connectivity index (χ2v) is 7.65. The zero-order chi connectivity index (χ0) is 15.8. The third-order valence-electron chi connectivity index (χ3n) is 4.06. The smallest absolute Gasteiger partial charge is 0.294 e. The molecule has 3 aromatic rings. The summed E-state index contributed by atoms with van der Waals surface area (Å²) in [6.07, 6.45) is 3.28. The second-order valence-electron chi connectivity index (χ2n) is 5.72. The summed E-state index contributed by atoms with van der Waals surface area (Å²) >= 11 is 3.26. The van der Waals surface area contributed by atoms with Crippen molar-refractivity contribution < 1.29 is 0 Å². The van der Waals surface area contributed by atoms with Gasteiger partial charge in [0.05, 0.1) is 9.58 Å². The van der Waals surface area contributed by atoms with E-state index in [1.807, 2.05) is 11.4 Å². The summed E-state index contributed by atoms with van der Waals surface area (Å²) in [6, 6.07) is 4.08. The van der Waals surface area contributed by atoms with Gasteiger partial charge < -0.3 is 4.90 Å². The number of aromatic nitrogens is 3. The maximum atomic E-state index is 12.7. The molecule has 120 valence electrons. The summed E-state index contributed by atoms with van der Waals surface area (Å²) in [4.78, 5) is 20.8. The molecule has 0 radical (unpaired) electrons. The molecular formula is C16H18N4OS2. The summed E-state index contributed by atoms with van der Waals surface area (Å²) in [5.74, 6) is 0. The van der Waals surface area contributed by atoms with Gasteiger partial charge in [0.1, 0.15) is 5.69 Å². The maximum absolute atomic E-state index is 12.7. The maximum Gasteiger partial charge on any atom is 0.294 e. The normalized spacial score (nSPS) is 14.9. The Hall–Kier alpha value is -1.73. The van der Waals surface area contributed by atoms with Gasteiger partial charge in [-0.15, -0.1) is 11.3 Å². The Morgan fingerprint density at radius 2 is 2.13 bits per heavy atom. The van der Waals surface area contributed by atoms with Gasteiger partial charge in [-0.1, -0.05) is 24.3 Å². The van der Waals surface area contributed by atoms with Crippen LogP contribution in [0.3, 0.4) is 0 Å². The number of aryl methyl sites for hydroxylation is 1. The Balaban J connectivity index is 1.95. The first-order valence-electron chi connectivity index (χ1n) is 7.98. The molecule has 4 heterocycles. The van der Waals surface area contributed by atoms with Crippen LogP contribution in [0, 0.1) is 0 Å². The van der Waals surface area contributed by atoms with Crippen molar-refractivity contribution in [2.45, 2.75) is 32.7 Å². The molecule has 0 aliphatic carbocycles. The van der Waals surface area contributed by atoms with Gasteiger partial charge in [0.2, 0.25) is 0 Å². The summed E-state index contributed by atoms with van der Waals surface area (Å²) < 4.78 is 2.50. The lowest BCUT2D eigenvalue weighted by Crippen LogP contribution is -2.23. The molecule has 0 N–H and O–H groups in total. The summed E-state index contributed by atoms with van der Waals surface area (Å²) in [5, 5.41) is 7.64. The van der Waals surface area contributed by atoms with Crippen LogP contribution in [0.1, 0.15) is 26.2 Å². The third-order valence-corrected chi connectivity index (χ3v) is 6.05. The van der Waals surface area contributed by atoms with Gasteiger partial charge in [-0.05, 0) is 30.7 Å². The molecule has 1 aliphatic heterocycles. The molecule has 4 rings (SSSR count). The Morgan fingerprint density at radius 1 is 1.30 bits per heavy atom. The largest absolute Gasteiger partial charge is 0.348 e. The third kappa shape index (κ3) is 2.57. The van der Waals surface area contributed by atoms with Crippen molar-refractivity contribution in [2.24, 2.45) is 0 Å². The minimum Gasteiger partial charge on any atom is -0.348 e. The van der Waals surface area contributed by atoms with Gasteiger partial charge in [0.15, 0.2) is 10.6 Å². The first-order chi connectivity index (χ1) is 11.3. The number of thiophene rings is 1. The highest BCUT2D eigenvalue weighted by Crippen LogP contribution is 2.36. The molecule has 0 saturated carbocycles. The molecule has 0 aromatic carbocycles. The summed E-state index contributed by atoms with van der Waals surface area (Å²) in [5.41, 5.74) is 1.40. The molecule has 7 heteroatoms. The minimum absolute atomic E-state index is 0.0659. The van der Waals surface area contributed by atoms with E-state index < -0.39 is 0 Å². The Morgan fingerprint density at radius 3 is 2.83 bits per heavy atom. The van der Waals surface area contributed by atoms with Gasteiger partial charge in [0.25, 0.3) is 5.56 Å². The van der Waals surface area contributed by atoms with E-state index in [-0.39, 0.29) is 5.56 Å². The number of fused-ring (bicyclic) bond motifs is 1. The van der Waals surface area contributed by atoms with Gasteiger partial charge in [-0.25, -0.2) is 9.67 Å². The van der Waals surface area contributed by atoms with Crippen LogP contribution < -0.4 is 10.5 Å². The van der Waals surface area contributed by atoms with E-state index in [4.69, 9.17) is 0 Å². The number of hydrogen-bond acceptors (Lipinski definition) is 6. The summed E-state index contributed by atoms with van der Waals surface area (Å²) in [7, 11) is 0. The standard InChI is InChI=1S/C16H18N4OS2/c1-2-7-20-15(21)13-14(12(18-20)11-6-5-10-22-11)23-16(17-13)19-8-3-4-9-19/h5-6,10H,2-4,7-9H2,1H3. The molecule has 5 nitrogen and oxygen atoms in total. The highest BCUT2D eigenvalue weighted by molar-refractivity contribution is 7.23. The molecule has 0 amide bonds. The lowest BCUT2D eigenvalue weighted by atomic mass is 10.3. The monoisotopic (exact) mass is 346 g/mol. The first kappa shape index (κ1) is 14.8. The van der Waals surface area contributed by atoms with Gasteiger partial charge in [-0.2, -0.15) is 5.10 Å². The van der Waals surface area contributed by atoms with Crippen LogP contribution in [0.15, 0.2) is 22.3 Å². The van der Waals surface area contributed by atoms with E-state index in [9.17, 15) is 4.79 Å². The topological polar surface area (TPSA) is 51.0 Å². The molecule has 3 aromatic heterocycles. The van der Waals surface area contributed by atoms with Crippen LogP contribution in [0.2, 0.25) is 0 Å². The fraction of sp³-hybridized carbons (Fsp3) is 0.438. The van der Waals surface area contributed by atoms with Crippen LogP contribution in [0.25, 0.3) is 20.8 Å². The average molecular weight is 346 g/mol. The van der Waals surface area contributed by atoms with Crippen molar-refractivity contribution in [3.8, 4) is 10.6 Å². The van der Waals surface area contributed by atoms with Crippen molar-refractivity contribution in [3.05, 3.63) is 27.9 Å². The Labute approximate surface area is 142 Å². The van der Waals surface area contributed by atoms with Crippen molar-refractivity contribution in [1.29, 1.82) is 0 Å². The lowest BCUT2D eigenvalue weighted by Gasteiger charge is -2.11. The fourth-order valence-electron chi connectivity index (χ4n) is 2.93. The van der Waals surface area contributed by atoms with Crippen LogP contribution in [-0.4, -0.2) is 27.9 Å². The Bertz CT molecular complexity index is 876.